The van der Waals surface area contributed by atoms with Crippen LogP contribution in [0.25, 0.3) is 0 Å². The average Bonchev–Trinajstić information content (AvgIpc) is 2.99. The van der Waals surface area contributed by atoms with Crippen molar-refractivity contribution in [1.82, 2.24) is 0 Å². The first-order valence-electron chi connectivity index (χ1n) is 12.8. The summed E-state index contributed by atoms with van der Waals surface area (Å²) in [6.07, 6.45) is -1.17. The van der Waals surface area contributed by atoms with Gasteiger partial charge in [-0.1, -0.05) is 34.6 Å². The van der Waals surface area contributed by atoms with Gasteiger partial charge in [0.15, 0.2) is 12.6 Å². The first kappa shape index (κ1) is 33.3. The van der Waals surface area contributed by atoms with E-state index in [9.17, 15) is 29.3 Å². The lowest BCUT2D eigenvalue weighted by atomic mass is 9.82. The Labute approximate surface area is 213 Å². The van der Waals surface area contributed by atoms with E-state index < -0.39 is 60.9 Å². The quantitative estimate of drug-likeness (QED) is 0.193. The molecule has 1 heterocycles. The first-order chi connectivity index (χ1) is 15.8. The van der Waals surface area contributed by atoms with E-state index in [0.717, 1.165) is 0 Å². The van der Waals surface area contributed by atoms with Crippen molar-refractivity contribution in [3.63, 3.8) is 0 Å². The predicted octanol–water partition coefficient (Wildman–Crippen LogP) is 2.52. The second-order valence-electron chi connectivity index (χ2n) is 10.8. The monoisotopic (exact) mass is 540 g/mol. The molecule has 9 atom stereocenters. The summed E-state index contributed by atoms with van der Waals surface area (Å²) in [6, 6.07) is -0.531. The van der Waals surface area contributed by atoms with Gasteiger partial charge in [-0.25, -0.2) is 0 Å². The van der Waals surface area contributed by atoms with Crippen LogP contribution in [0.3, 0.4) is 0 Å². The lowest BCUT2D eigenvalue weighted by molar-refractivity contribution is -0.0402. The summed E-state index contributed by atoms with van der Waals surface area (Å²) in [5.41, 5.74) is -2.32. The molecule has 1 rings (SSSR count). The number of ether oxygens (including phenoxy) is 1. The first-order valence-corrected chi connectivity index (χ1v) is 16.5. The highest BCUT2D eigenvalue weighted by atomic mass is 31.2. The van der Waals surface area contributed by atoms with E-state index in [0.29, 0.717) is 19.3 Å². The smallest absolute Gasteiger partial charge is 0.359 e. The van der Waals surface area contributed by atoms with Gasteiger partial charge in [0.1, 0.15) is 20.1 Å². The van der Waals surface area contributed by atoms with E-state index in [1.54, 1.807) is 35.5 Å². The fraction of sp³-hybridized carbons (Fsp3) is 1.00. The molecule has 0 aliphatic carbocycles. The molecule has 1 saturated heterocycles. The van der Waals surface area contributed by atoms with Gasteiger partial charge in [0.2, 0.25) is 7.57 Å². The summed E-state index contributed by atoms with van der Waals surface area (Å²) in [4.78, 5) is 10.8. The van der Waals surface area contributed by atoms with Crippen molar-refractivity contribution in [2.45, 2.75) is 140 Å². The molecule has 4 unspecified atom stereocenters. The number of hydrogen-bond donors (Lipinski definition) is 4. The van der Waals surface area contributed by atoms with Gasteiger partial charge in [0, 0.05) is 6.42 Å². The molecule has 13 heteroatoms. The lowest BCUT2D eigenvalue weighted by Crippen LogP contribution is -2.54. The normalized spacial score (nSPS) is 32.1. The zero-order valence-corrected chi connectivity index (χ0v) is 25.1. The molecule has 0 aromatic carbocycles. The van der Waals surface area contributed by atoms with Crippen LogP contribution in [0.2, 0.25) is 0 Å². The van der Waals surface area contributed by atoms with Crippen LogP contribution in [-0.4, -0.2) is 81.6 Å². The molecule has 4 N–H and O–H groups in total. The Morgan fingerprint density at radius 2 is 1.40 bits per heavy atom. The van der Waals surface area contributed by atoms with Crippen LogP contribution in [0.1, 0.15) is 93.9 Å². The zero-order chi connectivity index (χ0) is 27.7. The van der Waals surface area contributed by atoms with Crippen LogP contribution in [0.4, 0.5) is 0 Å². The van der Waals surface area contributed by atoms with Crippen molar-refractivity contribution in [2.24, 2.45) is 0 Å². The number of rotatable bonds is 14. The average molecular weight is 540 g/mol. The van der Waals surface area contributed by atoms with E-state index in [2.05, 4.69) is 0 Å². The standard InChI is InChI=1S/C22H48B2O9P2/c1-9-19(6,14-15-16(25)17(26)18(23)31-15)32-34(24,28)22(12-4,13-5)20(7,10-2)33-35(29,30)21(8,27)11-3/h15-18,25-27H,9-14,23-24H2,1-8H3,(H,29,30)/t15-,16-,17-,18-,19?,20?,21-,34?/m1/s1. The third-order valence-electron chi connectivity index (χ3n) is 8.59. The van der Waals surface area contributed by atoms with Gasteiger partial charge >= 0.3 is 7.60 Å². The predicted molar refractivity (Wildman–Crippen MR) is 144 cm³/mol. The van der Waals surface area contributed by atoms with Crippen molar-refractivity contribution in [3.05, 3.63) is 0 Å². The molecule has 206 valence electrons. The molecule has 1 fully saturated rings. The molecule has 0 bridgehead atoms. The Hall–Kier alpha value is 0.310. The maximum atomic E-state index is 14.6. The summed E-state index contributed by atoms with van der Waals surface area (Å²) in [5.74, 6) is 0. The van der Waals surface area contributed by atoms with Gasteiger partial charge in [0.25, 0.3) is 0 Å². The number of aliphatic hydroxyl groups excluding tert-OH is 2. The molecule has 0 radical (unpaired) electrons. The second-order valence-corrected chi connectivity index (χ2v) is 15.7. The highest BCUT2D eigenvalue weighted by Gasteiger charge is 2.61. The van der Waals surface area contributed by atoms with Gasteiger partial charge in [-0.2, -0.15) is 0 Å². The Bertz CT molecular complexity index is 810. The van der Waals surface area contributed by atoms with Crippen molar-refractivity contribution >= 4 is 30.3 Å². The lowest BCUT2D eigenvalue weighted by Gasteiger charge is -2.53. The van der Waals surface area contributed by atoms with Crippen molar-refractivity contribution < 1.29 is 43.1 Å². The van der Waals surface area contributed by atoms with Gasteiger partial charge in [0.05, 0.1) is 28.5 Å². The largest absolute Gasteiger partial charge is 0.388 e. The molecule has 35 heavy (non-hydrogen) atoms. The minimum atomic E-state index is -4.53. The highest BCUT2D eigenvalue weighted by molar-refractivity contribution is 7.84. The van der Waals surface area contributed by atoms with Crippen LogP contribution in [-0.2, 0) is 22.9 Å². The third-order valence-corrected chi connectivity index (χ3v) is 14.2. The Morgan fingerprint density at radius 1 is 0.886 bits per heavy atom. The number of aliphatic hydroxyl groups is 3. The molecule has 0 saturated carbocycles. The van der Waals surface area contributed by atoms with E-state index in [1.807, 2.05) is 20.8 Å². The molecule has 1 aliphatic heterocycles. The minimum absolute atomic E-state index is 0.00794. The molecule has 0 amide bonds. The van der Waals surface area contributed by atoms with Crippen LogP contribution in [0.15, 0.2) is 0 Å². The van der Waals surface area contributed by atoms with Gasteiger partial charge in [-0.15, -0.1) is 0 Å². The van der Waals surface area contributed by atoms with Crippen molar-refractivity contribution in [1.29, 1.82) is 0 Å². The van der Waals surface area contributed by atoms with E-state index in [4.69, 9.17) is 13.8 Å². The molecule has 1 aliphatic rings. The Morgan fingerprint density at radius 3 is 1.74 bits per heavy atom. The van der Waals surface area contributed by atoms with Crippen molar-refractivity contribution in [3.8, 4) is 0 Å². The maximum absolute atomic E-state index is 14.6. The van der Waals surface area contributed by atoms with Crippen molar-refractivity contribution in [2.75, 3.05) is 0 Å². The van der Waals surface area contributed by atoms with Gasteiger partial charge < -0.3 is 34.0 Å². The number of hydrogen-bond acceptors (Lipinski definition) is 8. The van der Waals surface area contributed by atoms with Gasteiger partial charge in [-0.05, 0) is 52.9 Å². The topological polar surface area (TPSA) is 143 Å². The second kappa shape index (κ2) is 11.6. The molecule has 0 spiro atoms. The fourth-order valence-corrected chi connectivity index (χ4v) is 10.3. The van der Waals surface area contributed by atoms with Gasteiger partial charge in [-0.3, -0.25) is 9.09 Å². The van der Waals surface area contributed by atoms with Crippen LogP contribution in [0.5, 0.6) is 0 Å². The summed E-state index contributed by atoms with van der Waals surface area (Å²) in [6.45, 7) is 13.7. The van der Waals surface area contributed by atoms with Crippen LogP contribution in [0, 0.1) is 0 Å². The molecule has 0 aromatic heterocycles. The Kier molecular flexibility index (Phi) is 11.0. The molecular formula is C22H48B2O9P2. The highest BCUT2D eigenvalue weighted by Crippen LogP contribution is 2.70. The summed E-state index contributed by atoms with van der Waals surface area (Å²) in [5, 5.41) is 28.0. The minimum Gasteiger partial charge on any atom is -0.388 e. The SMILES string of the molecule is B[C@@H]1O[C@H](CC(C)(CC)OP(B)(=O)C(CC)(CC)C(C)(CC)OP(=O)(O)[C@@](C)(O)CC)[C@@H](O)[C@H]1O. The molecule has 0 aromatic rings. The Balaban J connectivity index is 3.45. The van der Waals surface area contributed by atoms with E-state index in [1.165, 1.54) is 14.5 Å². The summed E-state index contributed by atoms with van der Waals surface area (Å²) >= 11 is 0. The van der Waals surface area contributed by atoms with E-state index >= 15 is 0 Å². The summed E-state index contributed by atoms with van der Waals surface area (Å²) < 4.78 is 45.9. The van der Waals surface area contributed by atoms with Crippen LogP contribution < -0.4 is 0 Å². The van der Waals surface area contributed by atoms with Crippen LogP contribution >= 0.6 is 14.8 Å². The molecular weight excluding hydrogens is 492 g/mol. The summed E-state index contributed by atoms with van der Waals surface area (Å²) in [7, 11) is -4.91. The third kappa shape index (κ3) is 6.32. The fourth-order valence-electron chi connectivity index (χ4n) is 5.33. The molecule has 9 nitrogen and oxygen atoms in total. The zero-order valence-electron chi connectivity index (χ0n) is 23.3. The van der Waals surface area contributed by atoms with E-state index in [-0.39, 0.29) is 19.3 Å². The maximum Gasteiger partial charge on any atom is 0.359 e.